The minimum absolute atomic E-state index is 0.125. The number of piperidine rings is 1. The summed E-state index contributed by atoms with van der Waals surface area (Å²) in [5.74, 6) is -0.773. The molecule has 1 aliphatic rings. The third-order valence-corrected chi connectivity index (χ3v) is 5.07. The molecule has 0 amide bonds. The second kappa shape index (κ2) is 9.82. The molecule has 1 aliphatic heterocycles. The zero-order valence-electron chi connectivity index (χ0n) is 17.0. The Morgan fingerprint density at radius 1 is 1.21 bits per heavy atom. The summed E-state index contributed by atoms with van der Waals surface area (Å²) < 4.78 is 33.1. The number of rotatable bonds is 8. The summed E-state index contributed by atoms with van der Waals surface area (Å²) in [6.45, 7) is 4.68. The molecule has 0 aliphatic carbocycles. The van der Waals surface area contributed by atoms with Gasteiger partial charge in [0.05, 0.1) is 19.5 Å². The van der Waals surface area contributed by atoms with Gasteiger partial charge in [-0.05, 0) is 50.9 Å². The Balaban J connectivity index is 1.64. The lowest BCUT2D eigenvalue weighted by Crippen LogP contribution is -2.29. The number of benzene rings is 1. The molecule has 1 fully saturated rings. The van der Waals surface area contributed by atoms with E-state index in [4.69, 9.17) is 4.74 Å². The molecule has 0 atom stereocenters. The summed E-state index contributed by atoms with van der Waals surface area (Å²) in [5, 5.41) is 3.99. The van der Waals surface area contributed by atoms with Gasteiger partial charge in [0, 0.05) is 25.3 Å². The fourth-order valence-electron chi connectivity index (χ4n) is 3.66. The Labute approximate surface area is 170 Å². The first-order valence-corrected chi connectivity index (χ1v) is 10.0. The molecule has 2 aromatic rings. The van der Waals surface area contributed by atoms with Crippen LogP contribution in [0.3, 0.4) is 0 Å². The molecular formula is C21H28F2N4O2. The van der Waals surface area contributed by atoms with E-state index in [1.807, 2.05) is 11.9 Å². The van der Waals surface area contributed by atoms with E-state index in [-0.39, 0.29) is 18.8 Å². The highest BCUT2D eigenvalue weighted by molar-refractivity contribution is 5.90. The van der Waals surface area contributed by atoms with E-state index in [0.29, 0.717) is 6.54 Å². The molecule has 0 spiro atoms. The number of hydrogen-bond acceptors (Lipinski definition) is 5. The van der Waals surface area contributed by atoms with E-state index in [1.165, 1.54) is 29.6 Å². The van der Waals surface area contributed by atoms with Crippen LogP contribution in [0.1, 0.15) is 54.2 Å². The van der Waals surface area contributed by atoms with Gasteiger partial charge in [-0.3, -0.25) is 4.90 Å². The van der Waals surface area contributed by atoms with Crippen LogP contribution < -0.4 is 4.90 Å². The third-order valence-electron chi connectivity index (χ3n) is 5.07. The number of aromatic nitrogens is 2. The predicted molar refractivity (Wildman–Crippen MR) is 107 cm³/mol. The monoisotopic (exact) mass is 406 g/mol. The van der Waals surface area contributed by atoms with Crippen molar-refractivity contribution in [2.75, 3.05) is 31.6 Å². The van der Waals surface area contributed by atoms with Crippen molar-refractivity contribution >= 4 is 11.7 Å². The molecule has 3 rings (SSSR count). The molecule has 0 N–H and O–H groups in total. The summed E-state index contributed by atoms with van der Waals surface area (Å²) in [7, 11) is 1.83. The Kier molecular flexibility index (Phi) is 7.19. The fraction of sp³-hybridized carbons (Fsp3) is 0.524. The van der Waals surface area contributed by atoms with Crippen LogP contribution in [-0.2, 0) is 18.0 Å². The molecule has 158 valence electrons. The molecule has 0 unspecified atom stereocenters. The second-order valence-electron chi connectivity index (χ2n) is 7.33. The van der Waals surface area contributed by atoms with Crippen molar-refractivity contribution < 1.29 is 18.3 Å². The Bertz CT molecular complexity index is 802. The van der Waals surface area contributed by atoms with Crippen molar-refractivity contribution in [3.63, 3.8) is 0 Å². The van der Waals surface area contributed by atoms with Crippen molar-refractivity contribution in [2.24, 2.45) is 0 Å². The lowest BCUT2D eigenvalue weighted by atomic mass is 10.1. The number of nitrogens with zero attached hydrogens (tertiary/aromatic N) is 4. The van der Waals surface area contributed by atoms with Crippen molar-refractivity contribution in [3.8, 4) is 0 Å². The first-order valence-electron chi connectivity index (χ1n) is 10.0. The van der Waals surface area contributed by atoms with Crippen molar-refractivity contribution in [2.45, 2.75) is 45.8 Å². The van der Waals surface area contributed by atoms with Crippen LogP contribution in [0, 0.1) is 0 Å². The Hall–Kier alpha value is -2.48. The van der Waals surface area contributed by atoms with Gasteiger partial charge < -0.3 is 9.64 Å². The van der Waals surface area contributed by atoms with E-state index < -0.39 is 18.1 Å². The number of halogens is 2. The number of esters is 1. The third kappa shape index (κ3) is 5.32. The Morgan fingerprint density at radius 3 is 2.52 bits per heavy atom. The van der Waals surface area contributed by atoms with Gasteiger partial charge in [-0.25, -0.2) is 18.3 Å². The number of ether oxygens (including phenoxy) is 1. The molecular weight excluding hydrogens is 378 g/mol. The minimum atomic E-state index is -2.81. The first kappa shape index (κ1) is 21.2. The second-order valence-corrected chi connectivity index (χ2v) is 7.33. The molecule has 6 nitrogen and oxygen atoms in total. The van der Waals surface area contributed by atoms with Crippen LogP contribution in [0.5, 0.6) is 0 Å². The molecule has 0 bridgehead atoms. The van der Waals surface area contributed by atoms with Gasteiger partial charge in [0.1, 0.15) is 11.3 Å². The maximum absolute atomic E-state index is 13.5. The number of hydrogen-bond donors (Lipinski definition) is 0. The minimum Gasteiger partial charge on any atom is -0.462 e. The topological polar surface area (TPSA) is 50.6 Å². The van der Waals surface area contributed by atoms with Crippen LogP contribution in [0.25, 0.3) is 0 Å². The van der Waals surface area contributed by atoms with Crippen LogP contribution in [-0.4, -0.2) is 47.4 Å². The highest BCUT2D eigenvalue weighted by Crippen LogP contribution is 2.24. The van der Waals surface area contributed by atoms with Gasteiger partial charge in [0.15, 0.2) is 0 Å². The van der Waals surface area contributed by atoms with Gasteiger partial charge in [-0.15, -0.1) is 0 Å². The van der Waals surface area contributed by atoms with Gasteiger partial charge in [0.2, 0.25) is 0 Å². The van der Waals surface area contributed by atoms with Crippen LogP contribution in [0.2, 0.25) is 0 Å². The summed E-state index contributed by atoms with van der Waals surface area (Å²) in [5.41, 5.74) is 1.73. The zero-order valence-corrected chi connectivity index (χ0v) is 17.0. The van der Waals surface area contributed by atoms with Crippen molar-refractivity contribution in [3.05, 3.63) is 47.3 Å². The summed E-state index contributed by atoms with van der Waals surface area (Å²) in [4.78, 5) is 16.2. The van der Waals surface area contributed by atoms with E-state index >= 15 is 0 Å². The van der Waals surface area contributed by atoms with E-state index in [2.05, 4.69) is 34.3 Å². The molecule has 8 heteroatoms. The number of carbonyl (C=O) groups is 1. The maximum Gasteiger partial charge on any atom is 0.341 e. The van der Waals surface area contributed by atoms with Crippen LogP contribution in [0.4, 0.5) is 14.5 Å². The standard InChI is InChI=1S/C21H28F2N4O2/c1-3-29-21(28)18-13-24-27(19(18)20(22)23)15-25(2)14-16-7-9-17(10-8-16)26-11-5-4-6-12-26/h7-10,13,20H,3-6,11-12,14-15H2,1-2H3. The molecule has 0 radical (unpaired) electrons. The van der Waals surface area contributed by atoms with Crippen LogP contribution >= 0.6 is 0 Å². The van der Waals surface area contributed by atoms with Crippen molar-refractivity contribution in [1.82, 2.24) is 14.7 Å². The van der Waals surface area contributed by atoms with Gasteiger partial charge in [-0.2, -0.15) is 5.10 Å². The van der Waals surface area contributed by atoms with Gasteiger partial charge in [-0.1, -0.05) is 12.1 Å². The van der Waals surface area contributed by atoms with Crippen molar-refractivity contribution in [1.29, 1.82) is 0 Å². The highest BCUT2D eigenvalue weighted by atomic mass is 19.3. The normalized spacial score (nSPS) is 14.6. The SMILES string of the molecule is CCOC(=O)c1cnn(CN(C)Cc2ccc(N3CCCCC3)cc2)c1C(F)F. The molecule has 2 heterocycles. The molecule has 1 aromatic heterocycles. The quantitative estimate of drug-likeness (QED) is 0.619. The number of alkyl halides is 2. The first-order chi connectivity index (χ1) is 14.0. The Morgan fingerprint density at radius 2 is 1.90 bits per heavy atom. The predicted octanol–water partition coefficient (Wildman–Crippen LogP) is 4.08. The van der Waals surface area contributed by atoms with E-state index in [1.54, 1.807) is 6.92 Å². The largest absolute Gasteiger partial charge is 0.462 e. The lowest BCUT2D eigenvalue weighted by molar-refractivity contribution is 0.0512. The van der Waals surface area contributed by atoms with Gasteiger partial charge in [0.25, 0.3) is 6.43 Å². The fourth-order valence-corrected chi connectivity index (χ4v) is 3.66. The molecule has 0 saturated carbocycles. The molecule has 29 heavy (non-hydrogen) atoms. The summed E-state index contributed by atoms with van der Waals surface area (Å²) in [6, 6.07) is 8.38. The summed E-state index contributed by atoms with van der Waals surface area (Å²) in [6.07, 6.45) is 2.10. The van der Waals surface area contributed by atoms with E-state index in [9.17, 15) is 13.6 Å². The highest BCUT2D eigenvalue weighted by Gasteiger charge is 2.26. The zero-order chi connectivity index (χ0) is 20.8. The maximum atomic E-state index is 13.5. The molecule has 1 saturated heterocycles. The smallest absolute Gasteiger partial charge is 0.341 e. The average Bonchev–Trinajstić information content (AvgIpc) is 3.13. The van der Waals surface area contributed by atoms with E-state index in [0.717, 1.165) is 24.8 Å². The lowest BCUT2D eigenvalue weighted by Gasteiger charge is -2.29. The molecule has 1 aromatic carbocycles. The van der Waals surface area contributed by atoms with Crippen LogP contribution in [0.15, 0.2) is 30.5 Å². The number of carbonyl (C=O) groups excluding carboxylic acids is 1. The number of anilines is 1. The average molecular weight is 406 g/mol. The van der Waals surface area contributed by atoms with Gasteiger partial charge >= 0.3 is 5.97 Å². The summed E-state index contributed by atoms with van der Waals surface area (Å²) >= 11 is 0.